The minimum atomic E-state index is -1.74. The highest BCUT2D eigenvalue weighted by Crippen LogP contribution is 2.37. The van der Waals surface area contributed by atoms with Gasteiger partial charge < -0.3 is 15.2 Å². The maximum atomic E-state index is 13.6. The zero-order valence-corrected chi connectivity index (χ0v) is 24.4. The Balaban J connectivity index is 1.75. The van der Waals surface area contributed by atoms with Crippen molar-refractivity contribution < 1.29 is 19.1 Å². The molecule has 0 saturated carbocycles. The van der Waals surface area contributed by atoms with E-state index in [0.717, 1.165) is 28.0 Å². The van der Waals surface area contributed by atoms with E-state index in [4.69, 9.17) is 39.6 Å². The summed E-state index contributed by atoms with van der Waals surface area (Å²) < 4.78 is 11.7. The summed E-state index contributed by atoms with van der Waals surface area (Å²) in [6.07, 6.45) is 3.49. The van der Waals surface area contributed by atoms with Crippen molar-refractivity contribution in [2.75, 3.05) is 20.7 Å². The van der Waals surface area contributed by atoms with Crippen LogP contribution in [0.15, 0.2) is 71.8 Å². The number of carbonyl (C=O) groups is 2. The molecule has 1 heterocycles. The molecular weight excluding hydrogens is 542 g/mol. The Kier molecular flexibility index (Phi) is 9.00. The first-order valence-electron chi connectivity index (χ1n) is 12.8. The number of nitrogens with zero attached hydrogens (tertiary/aromatic N) is 1. The number of likely N-dealkylation sites (N-methyl/N-ethyl adjacent to an activating group) is 1. The number of ketones is 2. The number of fused-ring (bicyclic) bond motifs is 1. The number of carbonyl (C=O) groups excluding carboxylic acids is 2. The van der Waals surface area contributed by atoms with Crippen LogP contribution >= 0.6 is 24.4 Å². The number of hydrogen-bond donors (Lipinski definition) is 2. The molecule has 40 heavy (non-hydrogen) atoms. The largest absolute Gasteiger partial charge is 0.497 e. The molecule has 2 atom stereocenters. The Hall–Kier alpha value is -3.63. The van der Waals surface area contributed by atoms with Gasteiger partial charge in [-0.3, -0.25) is 14.9 Å². The maximum Gasteiger partial charge on any atom is 0.233 e. The lowest BCUT2D eigenvalue weighted by Gasteiger charge is -2.42. The number of aryl methyl sites for hydroxylation is 1. The van der Waals surface area contributed by atoms with Gasteiger partial charge in [-0.2, -0.15) is 0 Å². The van der Waals surface area contributed by atoms with Gasteiger partial charge in [0.15, 0.2) is 5.78 Å². The summed E-state index contributed by atoms with van der Waals surface area (Å²) in [6.45, 7) is 3.37. The van der Waals surface area contributed by atoms with Crippen molar-refractivity contribution in [2.45, 2.75) is 26.0 Å². The van der Waals surface area contributed by atoms with Gasteiger partial charge in [0.25, 0.3) is 0 Å². The number of nitrogens with one attached hydrogen (secondary N) is 1. The van der Waals surface area contributed by atoms with Gasteiger partial charge in [-0.1, -0.05) is 66.4 Å². The number of pyridine rings is 1. The van der Waals surface area contributed by atoms with E-state index in [2.05, 4.69) is 10.3 Å². The van der Waals surface area contributed by atoms with Crippen LogP contribution in [0.25, 0.3) is 17.0 Å². The van der Waals surface area contributed by atoms with Crippen LogP contribution in [0, 0.1) is 12.8 Å². The molecule has 4 rings (SSSR count). The molecular formula is C31H31N3O4S2. The van der Waals surface area contributed by atoms with Crippen LogP contribution in [0.4, 0.5) is 0 Å². The summed E-state index contributed by atoms with van der Waals surface area (Å²) in [4.78, 5) is 32.5. The van der Waals surface area contributed by atoms with Crippen molar-refractivity contribution in [3.05, 3.63) is 83.1 Å². The van der Waals surface area contributed by atoms with Crippen molar-refractivity contribution in [3.8, 4) is 11.5 Å². The van der Waals surface area contributed by atoms with Gasteiger partial charge in [-0.15, -0.1) is 0 Å². The van der Waals surface area contributed by atoms with Crippen molar-refractivity contribution in [3.63, 3.8) is 0 Å². The molecule has 0 bridgehead atoms. The number of methoxy groups -OCH3 is 1. The summed E-state index contributed by atoms with van der Waals surface area (Å²) in [5.74, 6) is -0.540. The summed E-state index contributed by atoms with van der Waals surface area (Å²) in [5, 5.41) is 3.89. The van der Waals surface area contributed by atoms with Crippen LogP contribution in [0.5, 0.6) is 11.5 Å². The predicted octanol–water partition coefficient (Wildman–Crippen LogP) is 4.73. The number of thiocarbonyl (C=S) groups is 2. The lowest BCUT2D eigenvalue weighted by Crippen LogP contribution is -2.66. The van der Waals surface area contributed by atoms with Crippen molar-refractivity contribution in [1.82, 2.24) is 10.3 Å². The van der Waals surface area contributed by atoms with Crippen molar-refractivity contribution in [1.29, 1.82) is 0 Å². The maximum absolute atomic E-state index is 13.6. The van der Waals surface area contributed by atoms with Gasteiger partial charge in [0, 0.05) is 32.8 Å². The van der Waals surface area contributed by atoms with E-state index in [1.807, 2.05) is 62.4 Å². The Labute approximate surface area is 244 Å². The molecule has 0 amide bonds. The number of aromatic nitrogens is 1. The summed E-state index contributed by atoms with van der Waals surface area (Å²) in [5.41, 5.74) is 7.46. The number of allylic oxidation sites excluding steroid dienone is 3. The molecule has 0 saturated heterocycles. The second kappa shape index (κ2) is 12.3. The normalized spacial score (nSPS) is 17.3. The topological polar surface area (TPSA) is 104 Å². The van der Waals surface area contributed by atoms with Gasteiger partial charge in [0.2, 0.25) is 11.5 Å². The monoisotopic (exact) mass is 573 g/mol. The predicted molar refractivity (Wildman–Crippen MR) is 166 cm³/mol. The zero-order chi connectivity index (χ0) is 29.0. The van der Waals surface area contributed by atoms with E-state index in [1.165, 1.54) is 6.08 Å². The fraction of sp³-hybridized carbons (Fsp3) is 0.258. The second-order valence-electron chi connectivity index (χ2n) is 9.56. The fourth-order valence-electron chi connectivity index (χ4n) is 4.90. The van der Waals surface area contributed by atoms with E-state index >= 15 is 0 Å². The first-order valence-corrected chi connectivity index (χ1v) is 13.6. The standard InChI is InChI=1S/C31H31N3O4S2/c1-18-16-25(39)28(30(40)27(18)23(35)15-11-20-9-13-22(37-4)14-10-20)31(33-3,26(36)17-32)38-24-7-5-6-21-12-8-19(2)34-29(21)24/h5-15,28,33H,16-17,32H2,1-4H3/b15-11+. The van der Waals surface area contributed by atoms with E-state index in [0.29, 0.717) is 28.1 Å². The molecule has 3 N–H and O–H groups in total. The molecule has 0 aliphatic heterocycles. The van der Waals surface area contributed by atoms with Crippen LogP contribution in [0.3, 0.4) is 0 Å². The van der Waals surface area contributed by atoms with Crippen LogP contribution in [0.1, 0.15) is 24.6 Å². The first-order chi connectivity index (χ1) is 19.1. The molecule has 206 valence electrons. The highest BCUT2D eigenvalue weighted by atomic mass is 32.1. The van der Waals surface area contributed by atoms with E-state index < -0.39 is 17.4 Å². The SMILES string of the molecule is CNC(Oc1cccc2ccc(C)nc12)(C(=O)CN)C1C(=S)CC(C)=C(C(=O)/C=C/c2ccc(OC)cc2)C1=S. The molecule has 9 heteroatoms. The van der Waals surface area contributed by atoms with Gasteiger partial charge in [0.05, 0.1) is 19.6 Å². The minimum absolute atomic E-state index is 0.235. The number of rotatable bonds is 10. The average Bonchev–Trinajstić information content (AvgIpc) is 2.95. The lowest BCUT2D eigenvalue weighted by atomic mass is 9.75. The molecule has 1 aliphatic carbocycles. The number of nitrogens with two attached hydrogens (primary N) is 1. The Bertz CT molecular complexity index is 1560. The van der Waals surface area contributed by atoms with Crippen molar-refractivity contribution >= 4 is 62.7 Å². The quantitative estimate of drug-likeness (QED) is 0.202. The Morgan fingerprint density at radius 2 is 1.85 bits per heavy atom. The average molecular weight is 574 g/mol. The Morgan fingerprint density at radius 1 is 1.12 bits per heavy atom. The third-order valence-corrected chi connectivity index (χ3v) is 7.78. The number of ether oxygens (including phenoxy) is 2. The van der Waals surface area contributed by atoms with Crippen LogP contribution in [0.2, 0.25) is 0 Å². The highest BCUT2D eigenvalue weighted by molar-refractivity contribution is 7.82. The Morgan fingerprint density at radius 3 is 2.50 bits per heavy atom. The first kappa shape index (κ1) is 29.4. The minimum Gasteiger partial charge on any atom is -0.497 e. The fourth-order valence-corrected chi connectivity index (χ4v) is 6.06. The second-order valence-corrected chi connectivity index (χ2v) is 10.5. The number of Topliss-reactive ketones (excluding diaryl/α,β-unsaturated/α-hetero) is 1. The van der Waals surface area contributed by atoms with Gasteiger partial charge in [0.1, 0.15) is 17.0 Å². The molecule has 1 aliphatic rings. The van der Waals surface area contributed by atoms with Crippen LogP contribution < -0.4 is 20.5 Å². The van der Waals surface area contributed by atoms with Gasteiger partial charge in [-0.25, -0.2) is 4.98 Å². The molecule has 0 spiro atoms. The summed E-state index contributed by atoms with van der Waals surface area (Å²) in [6, 6.07) is 16.6. The molecule has 0 radical (unpaired) electrons. The number of benzene rings is 2. The zero-order valence-electron chi connectivity index (χ0n) is 22.8. The molecule has 1 aromatic heterocycles. The van der Waals surface area contributed by atoms with E-state index in [-0.39, 0.29) is 17.2 Å². The van der Waals surface area contributed by atoms with E-state index in [9.17, 15) is 9.59 Å². The summed E-state index contributed by atoms with van der Waals surface area (Å²) in [7, 11) is 3.19. The highest BCUT2D eigenvalue weighted by Gasteiger charge is 2.52. The van der Waals surface area contributed by atoms with Gasteiger partial charge in [-0.05, 0) is 56.8 Å². The molecule has 0 fully saturated rings. The number of hydrogen-bond acceptors (Lipinski definition) is 9. The smallest absolute Gasteiger partial charge is 0.233 e. The third kappa shape index (κ3) is 5.64. The van der Waals surface area contributed by atoms with E-state index in [1.54, 1.807) is 26.3 Å². The van der Waals surface area contributed by atoms with Crippen LogP contribution in [-0.4, -0.2) is 52.7 Å². The molecule has 2 aromatic carbocycles. The van der Waals surface area contributed by atoms with Crippen LogP contribution in [-0.2, 0) is 9.59 Å². The molecule has 7 nitrogen and oxygen atoms in total. The lowest BCUT2D eigenvalue weighted by molar-refractivity contribution is -0.136. The summed E-state index contributed by atoms with van der Waals surface area (Å²) >= 11 is 11.7. The van der Waals surface area contributed by atoms with Gasteiger partial charge >= 0.3 is 0 Å². The molecule has 3 aromatic rings. The number of para-hydroxylation sites is 1. The van der Waals surface area contributed by atoms with Crippen molar-refractivity contribution in [2.24, 2.45) is 11.7 Å². The molecule has 2 unspecified atom stereocenters. The third-order valence-electron chi connectivity index (χ3n) is 6.96.